The van der Waals surface area contributed by atoms with Crippen LogP contribution in [0.4, 0.5) is 0 Å². The minimum absolute atomic E-state index is 0.268. The maximum absolute atomic E-state index is 5.88. The zero-order chi connectivity index (χ0) is 10.0. The van der Waals surface area contributed by atoms with Crippen LogP contribution < -0.4 is 0 Å². The average Bonchev–Trinajstić information content (AvgIpc) is 2.52. The summed E-state index contributed by atoms with van der Waals surface area (Å²) in [4.78, 5) is 0. The lowest BCUT2D eigenvalue weighted by atomic mass is 9.82. The molecule has 2 rings (SSSR count). The zero-order valence-corrected chi connectivity index (χ0v) is 9.00. The van der Waals surface area contributed by atoms with Crippen molar-refractivity contribution < 1.29 is 4.74 Å². The Morgan fingerprint density at radius 2 is 2.29 bits per heavy atom. The van der Waals surface area contributed by atoms with Gasteiger partial charge >= 0.3 is 0 Å². The Labute approximate surface area is 88.2 Å². The molecule has 4 nitrogen and oxygen atoms in total. The molecule has 0 aromatic carbocycles. The molecule has 1 aliphatic rings. The van der Waals surface area contributed by atoms with Crippen LogP contribution in [0.15, 0.2) is 6.33 Å². The fourth-order valence-electron chi connectivity index (χ4n) is 1.78. The maximum Gasteiger partial charge on any atom is 0.224 e. The lowest BCUT2D eigenvalue weighted by Gasteiger charge is -2.33. The van der Waals surface area contributed by atoms with Gasteiger partial charge in [-0.3, -0.25) is 0 Å². The largest absolute Gasteiger partial charge is 0.381 e. The Hall–Kier alpha value is -0.610. The summed E-state index contributed by atoms with van der Waals surface area (Å²) in [6.07, 6.45) is 3.83. The van der Waals surface area contributed by atoms with Crippen LogP contribution in [0.25, 0.3) is 0 Å². The summed E-state index contributed by atoms with van der Waals surface area (Å²) < 4.78 is 7.24. The summed E-state index contributed by atoms with van der Waals surface area (Å²) in [5.74, 6) is 0. The Kier molecular flexibility index (Phi) is 2.74. The molecule has 1 aromatic rings. The SMILES string of the molecule is CC1(Cn2cnnc2Cl)CCOCC1. The summed E-state index contributed by atoms with van der Waals surface area (Å²) >= 11 is 5.88. The van der Waals surface area contributed by atoms with E-state index in [9.17, 15) is 0 Å². The van der Waals surface area contributed by atoms with Gasteiger partial charge in [-0.1, -0.05) is 6.92 Å². The van der Waals surface area contributed by atoms with Crippen molar-refractivity contribution in [2.75, 3.05) is 13.2 Å². The second-order valence-electron chi connectivity index (χ2n) is 4.15. The van der Waals surface area contributed by atoms with E-state index in [0.29, 0.717) is 5.28 Å². The highest BCUT2D eigenvalue weighted by Crippen LogP contribution is 2.32. The van der Waals surface area contributed by atoms with Crippen molar-refractivity contribution in [2.45, 2.75) is 26.3 Å². The van der Waals surface area contributed by atoms with Crippen molar-refractivity contribution in [1.29, 1.82) is 0 Å². The molecule has 0 atom stereocenters. The van der Waals surface area contributed by atoms with Crippen LogP contribution in [0.3, 0.4) is 0 Å². The molecule has 14 heavy (non-hydrogen) atoms. The quantitative estimate of drug-likeness (QED) is 0.755. The van der Waals surface area contributed by atoms with E-state index in [2.05, 4.69) is 17.1 Å². The summed E-state index contributed by atoms with van der Waals surface area (Å²) in [5.41, 5.74) is 0.268. The molecule has 1 saturated heterocycles. The van der Waals surface area contributed by atoms with Crippen molar-refractivity contribution in [1.82, 2.24) is 14.8 Å². The molecule has 1 aliphatic heterocycles. The lowest BCUT2D eigenvalue weighted by molar-refractivity contribution is 0.0155. The van der Waals surface area contributed by atoms with Crippen LogP contribution in [-0.2, 0) is 11.3 Å². The standard InChI is InChI=1S/C9H14ClN3O/c1-9(2-4-14-5-3-9)6-13-7-11-12-8(13)10/h7H,2-6H2,1H3. The molecule has 0 saturated carbocycles. The number of hydrogen-bond acceptors (Lipinski definition) is 3. The normalized spacial score (nSPS) is 21.0. The first kappa shape index (κ1) is 9.93. The molecule has 0 bridgehead atoms. The van der Waals surface area contributed by atoms with Crippen LogP contribution in [-0.4, -0.2) is 28.0 Å². The fraction of sp³-hybridized carbons (Fsp3) is 0.778. The van der Waals surface area contributed by atoms with Crippen LogP contribution in [0.1, 0.15) is 19.8 Å². The summed E-state index contributed by atoms with van der Waals surface area (Å²) in [6, 6.07) is 0. The number of halogens is 1. The highest BCUT2D eigenvalue weighted by Gasteiger charge is 2.28. The van der Waals surface area contributed by atoms with Gasteiger partial charge in [0, 0.05) is 19.8 Å². The number of aromatic nitrogens is 3. The molecule has 0 amide bonds. The van der Waals surface area contributed by atoms with Crippen molar-refractivity contribution >= 4 is 11.6 Å². The number of hydrogen-bond donors (Lipinski definition) is 0. The molecule has 2 heterocycles. The minimum atomic E-state index is 0.268. The highest BCUT2D eigenvalue weighted by molar-refractivity contribution is 6.28. The molecule has 0 aliphatic carbocycles. The molecule has 0 N–H and O–H groups in total. The molecule has 0 spiro atoms. The number of nitrogens with zero attached hydrogens (tertiary/aromatic N) is 3. The van der Waals surface area contributed by atoms with Crippen LogP contribution in [0.5, 0.6) is 0 Å². The molecule has 1 fully saturated rings. The smallest absolute Gasteiger partial charge is 0.224 e. The second kappa shape index (κ2) is 3.87. The molecule has 0 unspecified atom stereocenters. The van der Waals surface area contributed by atoms with Crippen LogP contribution in [0.2, 0.25) is 5.28 Å². The van der Waals surface area contributed by atoms with E-state index in [1.165, 1.54) is 0 Å². The highest BCUT2D eigenvalue weighted by atomic mass is 35.5. The Morgan fingerprint density at radius 3 is 2.86 bits per heavy atom. The fourth-order valence-corrected chi connectivity index (χ4v) is 1.93. The topological polar surface area (TPSA) is 39.9 Å². The third kappa shape index (κ3) is 2.07. The van der Waals surface area contributed by atoms with Crippen LogP contribution in [0, 0.1) is 5.41 Å². The van der Waals surface area contributed by atoms with Crippen LogP contribution >= 0.6 is 11.6 Å². The van der Waals surface area contributed by atoms with Crippen molar-refractivity contribution in [3.8, 4) is 0 Å². The van der Waals surface area contributed by atoms with Gasteiger partial charge in [-0.15, -0.1) is 10.2 Å². The molecular weight excluding hydrogens is 202 g/mol. The summed E-state index contributed by atoms with van der Waals surface area (Å²) in [5, 5.41) is 8.00. The van der Waals surface area contributed by atoms with Crippen molar-refractivity contribution in [3.05, 3.63) is 11.6 Å². The van der Waals surface area contributed by atoms with Crippen molar-refractivity contribution in [2.24, 2.45) is 5.41 Å². The van der Waals surface area contributed by atoms with Gasteiger partial charge < -0.3 is 9.30 Å². The first-order valence-electron chi connectivity index (χ1n) is 4.81. The van der Waals surface area contributed by atoms with Gasteiger partial charge in [-0.2, -0.15) is 0 Å². The first-order valence-corrected chi connectivity index (χ1v) is 5.18. The first-order chi connectivity index (χ1) is 6.70. The van der Waals surface area contributed by atoms with E-state index in [4.69, 9.17) is 16.3 Å². The lowest BCUT2D eigenvalue weighted by Crippen LogP contribution is -2.30. The molecule has 5 heteroatoms. The van der Waals surface area contributed by atoms with E-state index in [1.807, 2.05) is 4.57 Å². The zero-order valence-electron chi connectivity index (χ0n) is 8.24. The number of rotatable bonds is 2. The van der Waals surface area contributed by atoms with E-state index in [-0.39, 0.29) is 5.41 Å². The van der Waals surface area contributed by atoms with E-state index in [1.54, 1.807) is 6.33 Å². The van der Waals surface area contributed by atoms with Gasteiger partial charge in [-0.05, 0) is 29.9 Å². The Bertz CT molecular complexity index is 307. The second-order valence-corrected chi connectivity index (χ2v) is 4.49. The van der Waals surface area contributed by atoms with Crippen molar-refractivity contribution in [3.63, 3.8) is 0 Å². The monoisotopic (exact) mass is 215 g/mol. The van der Waals surface area contributed by atoms with E-state index >= 15 is 0 Å². The van der Waals surface area contributed by atoms with Gasteiger partial charge in [0.1, 0.15) is 6.33 Å². The molecule has 78 valence electrons. The average molecular weight is 216 g/mol. The van der Waals surface area contributed by atoms with E-state index in [0.717, 1.165) is 32.6 Å². The molecular formula is C9H14ClN3O. The predicted octanol–water partition coefficient (Wildman–Crippen LogP) is 1.75. The third-order valence-corrected chi connectivity index (χ3v) is 3.11. The predicted molar refractivity (Wildman–Crippen MR) is 53.2 cm³/mol. The van der Waals surface area contributed by atoms with Gasteiger partial charge in [0.05, 0.1) is 0 Å². The Morgan fingerprint density at radius 1 is 1.57 bits per heavy atom. The molecule has 0 radical (unpaired) electrons. The number of ether oxygens (including phenoxy) is 1. The molecule has 1 aromatic heterocycles. The van der Waals surface area contributed by atoms with Gasteiger partial charge in [-0.25, -0.2) is 0 Å². The van der Waals surface area contributed by atoms with E-state index < -0.39 is 0 Å². The third-order valence-electron chi connectivity index (χ3n) is 2.82. The van der Waals surface area contributed by atoms with Gasteiger partial charge in [0.25, 0.3) is 0 Å². The van der Waals surface area contributed by atoms with Gasteiger partial charge in [0.15, 0.2) is 0 Å². The maximum atomic E-state index is 5.88. The minimum Gasteiger partial charge on any atom is -0.381 e. The Balaban J connectivity index is 2.05. The summed E-state index contributed by atoms with van der Waals surface area (Å²) in [6.45, 7) is 4.82. The summed E-state index contributed by atoms with van der Waals surface area (Å²) in [7, 11) is 0. The van der Waals surface area contributed by atoms with Gasteiger partial charge in [0.2, 0.25) is 5.28 Å².